The number of rotatable bonds is 9. The molecule has 0 radical (unpaired) electrons. The number of likely N-dealkylation sites (N-methyl/N-ethyl adjacent to an activating group) is 1. The second kappa shape index (κ2) is 8.99. The minimum absolute atomic E-state index is 0.0411. The van der Waals surface area contributed by atoms with Crippen molar-refractivity contribution in [1.29, 1.82) is 0 Å². The molecule has 0 heterocycles. The van der Waals surface area contributed by atoms with E-state index in [9.17, 15) is 9.59 Å². The second-order valence-electron chi connectivity index (χ2n) is 5.22. The number of ether oxygens (including phenoxy) is 2. The Bertz CT molecular complexity index is 547. The summed E-state index contributed by atoms with van der Waals surface area (Å²) >= 11 is 0. The Balaban J connectivity index is 2.44. The molecule has 1 amide bonds. The molecule has 23 heavy (non-hydrogen) atoms. The predicted molar refractivity (Wildman–Crippen MR) is 86.0 cm³/mol. The van der Waals surface area contributed by atoms with Gasteiger partial charge in [-0.05, 0) is 38.1 Å². The molecular formula is C16H24N2O5. The highest BCUT2D eigenvalue weighted by molar-refractivity contribution is 5.79. The maximum absolute atomic E-state index is 11.8. The van der Waals surface area contributed by atoms with Crippen LogP contribution in [0.15, 0.2) is 18.2 Å². The Morgan fingerprint density at radius 3 is 2.48 bits per heavy atom. The summed E-state index contributed by atoms with van der Waals surface area (Å²) in [6.45, 7) is 2.04. The molecule has 2 N–H and O–H groups in total. The summed E-state index contributed by atoms with van der Waals surface area (Å²) in [6.07, 6.45) is 0.643. The van der Waals surface area contributed by atoms with Gasteiger partial charge in [-0.3, -0.25) is 14.5 Å². The molecule has 0 spiro atoms. The van der Waals surface area contributed by atoms with Crippen molar-refractivity contribution in [2.75, 3.05) is 34.4 Å². The number of carboxylic acid groups (broad SMARTS) is 1. The summed E-state index contributed by atoms with van der Waals surface area (Å²) < 4.78 is 10.4. The van der Waals surface area contributed by atoms with Crippen molar-refractivity contribution in [2.24, 2.45) is 0 Å². The number of nitrogens with one attached hydrogen (secondary N) is 1. The Hall–Kier alpha value is -2.28. The number of methoxy groups -OCH3 is 2. The second-order valence-corrected chi connectivity index (χ2v) is 5.22. The van der Waals surface area contributed by atoms with Gasteiger partial charge < -0.3 is 19.9 Å². The van der Waals surface area contributed by atoms with Crippen LogP contribution in [-0.2, 0) is 16.0 Å². The molecule has 128 valence electrons. The number of carboxylic acids is 1. The van der Waals surface area contributed by atoms with Gasteiger partial charge in [-0.2, -0.15) is 0 Å². The SMILES string of the molecule is COc1ccc(CCNC(=O)CN(C)C(C)C(=O)O)cc1OC. The summed E-state index contributed by atoms with van der Waals surface area (Å²) in [7, 11) is 4.75. The Kier molecular flexibility index (Phi) is 7.34. The number of benzene rings is 1. The van der Waals surface area contributed by atoms with Crippen LogP contribution in [0.3, 0.4) is 0 Å². The normalized spacial score (nSPS) is 11.9. The number of amides is 1. The van der Waals surface area contributed by atoms with E-state index in [0.29, 0.717) is 24.5 Å². The molecule has 0 saturated heterocycles. The molecule has 1 atom stereocenters. The maximum atomic E-state index is 11.8. The van der Waals surface area contributed by atoms with E-state index < -0.39 is 12.0 Å². The lowest BCUT2D eigenvalue weighted by Gasteiger charge is -2.20. The fraction of sp³-hybridized carbons (Fsp3) is 0.500. The maximum Gasteiger partial charge on any atom is 0.320 e. The molecule has 0 aliphatic carbocycles. The summed E-state index contributed by atoms with van der Waals surface area (Å²) in [6, 6.07) is 4.89. The molecular weight excluding hydrogens is 300 g/mol. The first-order chi connectivity index (χ1) is 10.9. The van der Waals surface area contributed by atoms with Crippen molar-refractivity contribution >= 4 is 11.9 Å². The van der Waals surface area contributed by atoms with Crippen molar-refractivity contribution in [3.63, 3.8) is 0 Å². The average molecular weight is 324 g/mol. The summed E-state index contributed by atoms with van der Waals surface area (Å²) in [4.78, 5) is 24.1. The number of hydrogen-bond donors (Lipinski definition) is 2. The molecule has 1 aromatic carbocycles. The minimum atomic E-state index is -0.953. The molecule has 1 aromatic rings. The van der Waals surface area contributed by atoms with Gasteiger partial charge in [0.05, 0.1) is 20.8 Å². The zero-order valence-corrected chi connectivity index (χ0v) is 14.0. The largest absolute Gasteiger partial charge is 0.493 e. The predicted octanol–water partition coefficient (Wildman–Crippen LogP) is 0.767. The third kappa shape index (κ3) is 5.78. The van der Waals surface area contributed by atoms with Crippen molar-refractivity contribution in [1.82, 2.24) is 10.2 Å². The molecule has 0 fully saturated rings. The highest BCUT2D eigenvalue weighted by Crippen LogP contribution is 2.27. The van der Waals surface area contributed by atoms with Crippen LogP contribution in [0.5, 0.6) is 11.5 Å². The molecule has 0 aliphatic rings. The highest BCUT2D eigenvalue weighted by Gasteiger charge is 2.18. The molecule has 0 aromatic heterocycles. The monoisotopic (exact) mass is 324 g/mol. The minimum Gasteiger partial charge on any atom is -0.493 e. The highest BCUT2D eigenvalue weighted by atomic mass is 16.5. The lowest BCUT2D eigenvalue weighted by molar-refractivity contribution is -0.142. The first kappa shape index (κ1) is 18.8. The Morgan fingerprint density at radius 1 is 1.26 bits per heavy atom. The van der Waals surface area contributed by atoms with E-state index in [0.717, 1.165) is 5.56 Å². The number of hydrogen-bond acceptors (Lipinski definition) is 5. The number of carbonyl (C=O) groups is 2. The first-order valence-electron chi connectivity index (χ1n) is 7.29. The van der Waals surface area contributed by atoms with Gasteiger partial charge in [0.25, 0.3) is 0 Å². The Morgan fingerprint density at radius 2 is 1.91 bits per heavy atom. The lowest BCUT2D eigenvalue weighted by atomic mass is 10.1. The van der Waals surface area contributed by atoms with E-state index in [2.05, 4.69) is 5.32 Å². The molecule has 7 heteroatoms. The fourth-order valence-electron chi connectivity index (χ4n) is 1.99. The summed E-state index contributed by atoms with van der Waals surface area (Å²) in [5.74, 6) is 0.141. The van der Waals surface area contributed by atoms with Gasteiger partial charge in [0.1, 0.15) is 6.04 Å². The topological polar surface area (TPSA) is 88.1 Å². The van der Waals surface area contributed by atoms with Crippen LogP contribution < -0.4 is 14.8 Å². The van der Waals surface area contributed by atoms with Crippen LogP contribution in [0.4, 0.5) is 0 Å². The van der Waals surface area contributed by atoms with Gasteiger partial charge in [0.15, 0.2) is 11.5 Å². The van der Waals surface area contributed by atoms with Crippen LogP contribution in [0.2, 0.25) is 0 Å². The third-order valence-electron chi connectivity index (χ3n) is 3.60. The molecule has 1 rings (SSSR count). The van der Waals surface area contributed by atoms with E-state index in [1.807, 2.05) is 18.2 Å². The van der Waals surface area contributed by atoms with Crippen LogP contribution in [0.25, 0.3) is 0 Å². The molecule has 0 bridgehead atoms. The summed E-state index contributed by atoms with van der Waals surface area (Å²) in [5.41, 5.74) is 1.01. The van der Waals surface area contributed by atoms with Crippen LogP contribution in [0.1, 0.15) is 12.5 Å². The first-order valence-corrected chi connectivity index (χ1v) is 7.29. The van der Waals surface area contributed by atoms with Crippen molar-refractivity contribution in [3.05, 3.63) is 23.8 Å². The Labute approximate surface area is 136 Å². The van der Waals surface area contributed by atoms with Crippen LogP contribution in [-0.4, -0.2) is 62.3 Å². The lowest BCUT2D eigenvalue weighted by Crippen LogP contribution is -2.43. The van der Waals surface area contributed by atoms with Gasteiger partial charge in [-0.1, -0.05) is 6.07 Å². The average Bonchev–Trinajstić information content (AvgIpc) is 2.53. The quantitative estimate of drug-likeness (QED) is 0.697. The molecule has 1 unspecified atom stereocenters. The van der Waals surface area contributed by atoms with Gasteiger partial charge in [0, 0.05) is 6.54 Å². The van der Waals surface area contributed by atoms with Gasteiger partial charge in [-0.25, -0.2) is 0 Å². The molecule has 0 saturated carbocycles. The number of aliphatic carboxylic acids is 1. The van der Waals surface area contributed by atoms with E-state index in [-0.39, 0.29) is 12.5 Å². The number of carbonyl (C=O) groups excluding carboxylic acids is 1. The van der Waals surface area contributed by atoms with Crippen molar-refractivity contribution in [3.8, 4) is 11.5 Å². The van der Waals surface area contributed by atoms with Crippen molar-refractivity contribution in [2.45, 2.75) is 19.4 Å². The summed E-state index contributed by atoms with van der Waals surface area (Å²) in [5, 5.41) is 11.7. The van der Waals surface area contributed by atoms with E-state index in [4.69, 9.17) is 14.6 Å². The van der Waals surface area contributed by atoms with Crippen LogP contribution in [0, 0.1) is 0 Å². The smallest absolute Gasteiger partial charge is 0.320 e. The van der Waals surface area contributed by atoms with E-state index in [1.165, 1.54) is 4.90 Å². The molecule has 7 nitrogen and oxygen atoms in total. The third-order valence-corrected chi connectivity index (χ3v) is 3.60. The fourth-order valence-corrected chi connectivity index (χ4v) is 1.99. The van der Waals surface area contributed by atoms with Gasteiger partial charge >= 0.3 is 5.97 Å². The zero-order chi connectivity index (χ0) is 17.4. The van der Waals surface area contributed by atoms with E-state index >= 15 is 0 Å². The standard InChI is InChI=1S/C16H24N2O5/c1-11(16(20)21)18(2)10-15(19)17-8-7-12-5-6-13(22-3)14(9-12)23-4/h5-6,9,11H,7-8,10H2,1-4H3,(H,17,19)(H,20,21). The van der Waals surface area contributed by atoms with E-state index in [1.54, 1.807) is 28.2 Å². The zero-order valence-electron chi connectivity index (χ0n) is 14.0. The number of nitrogens with zero attached hydrogens (tertiary/aromatic N) is 1. The van der Waals surface area contributed by atoms with Gasteiger partial charge in [-0.15, -0.1) is 0 Å². The van der Waals surface area contributed by atoms with Gasteiger partial charge in [0.2, 0.25) is 5.91 Å². The molecule has 0 aliphatic heterocycles. The van der Waals surface area contributed by atoms with Crippen LogP contribution >= 0.6 is 0 Å². The van der Waals surface area contributed by atoms with Crippen molar-refractivity contribution < 1.29 is 24.2 Å².